The molecule has 2 aromatic carbocycles. The summed E-state index contributed by atoms with van der Waals surface area (Å²) in [5.41, 5.74) is 1.91. The molecule has 1 N–H and O–H groups in total. The van der Waals surface area contributed by atoms with Crippen LogP contribution in [0.3, 0.4) is 0 Å². The number of nitrogens with zero attached hydrogens (tertiary/aromatic N) is 3. The molecule has 0 radical (unpaired) electrons. The molecular weight excluding hydrogens is 411 g/mol. The van der Waals surface area contributed by atoms with Gasteiger partial charge in [0.05, 0.1) is 13.2 Å². The minimum atomic E-state index is -0.435. The Kier molecular flexibility index (Phi) is 7.21. The van der Waals surface area contributed by atoms with Crippen molar-refractivity contribution in [2.24, 2.45) is 0 Å². The van der Waals surface area contributed by atoms with Gasteiger partial charge in [-0.1, -0.05) is 35.5 Å². The second-order valence-electron chi connectivity index (χ2n) is 7.76. The Labute approximate surface area is 187 Å². The van der Waals surface area contributed by atoms with E-state index in [0.29, 0.717) is 31.6 Å². The predicted molar refractivity (Wildman–Crippen MR) is 120 cm³/mol. The molecule has 0 unspecified atom stereocenters. The lowest BCUT2D eigenvalue weighted by Gasteiger charge is -2.32. The van der Waals surface area contributed by atoms with Crippen LogP contribution in [0, 0.1) is 5.82 Å². The molecule has 8 heteroatoms. The SMILES string of the molecule is CCOc1cc(CN2CCC(Nc3nc(-c4ccccc4)no3)CC2)cc(OCC)c1F. The number of anilines is 1. The standard InChI is InChI=1S/C24H29FN4O3/c1-3-30-20-14-17(15-21(22(20)25)31-4-2)16-29-12-10-19(11-13-29)26-24-27-23(28-32-24)18-8-6-5-7-9-18/h5-9,14-15,19H,3-4,10-13,16H2,1-2H3,(H,26,27,28). The number of nitrogens with one attached hydrogen (secondary N) is 1. The Bertz CT molecular complexity index is 976. The molecule has 1 fully saturated rings. The molecule has 1 saturated heterocycles. The Morgan fingerprint density at radius 1 is 1.06 bits per heavy atom. The largest absolute Gasteiger partial charge is 0.491 e. The zero-order chi connectivity index (χ0) is 22.3. The van der Waals surface area contributed by atoms with E-state index in [1.54, 1.807) is 12.1 Å². The van der Waals surface area contributed by atoms with Crippen molar-refractivity contribution < 1.29 is 18.4 Å². The van der Waals surface area contributed by atoms with Gasteiger partial charge in [0.25, 0.3) is 0 Å². The molecule has 0 amide bonds. The number of aromatic nitrogens is 2. The van der Waals surface area contributed by atoms with Gasteiger partial charge in [-0.05, 0) is 44.4 Å². The summed E-state index contributed by atoms with van der Waals surface area (Å²) in [7, 11) is 0. The zero-order valence-corrected chi connectivity index (χ0v) is 18.5. The van der Waals surface area contributed by atoms with Crippen LogP contribution >= 0.6 is 0 Å². The van der Waals surface area contributed by atoms with E-state index < -0.39 is 5.82 Å². The number of likely N-dealkylation sites (tertiary alicyclic amines) is 1. The number of benzene rings is 2. The molecule has 1 aromatic heterocycles. The van der Waals surface area contributed by atoms with Gasteiger partial charge < -0.3 is 19.3 Å². The van der Waals surface area contributed by atoms with Gasteiger partial charge in [-0.15, -0.1) is 0 Å². The fourth-order valence-electron chi connectivity index (χ4n) is 3.89. The maximum atomic E-state index is 14.5. The van der Waals surface area contributed by atoms with E-state index in [1.165, 1.54) is 0 Å². The number of hydrogen-bond acceptors (Lipinski definition) is 7. The van der Waals surface area contributed by atoms with Gasteiger partial charge >= 0.3 is 6.01 Å². The predicted octanol–water partition coefficient (Wildman–Crippen LogP) is 4.75. The van der Waals surface area contributed by atoms with Crippen molar-refractivity contribution in [1.29, 1.82) is 0 Å². The number of rotatable bonds is 9. The molecular formula is C24H29FN4O3. The van der Waals surface area contributed by atoms with E-state index in [2.05, 4.69) is 20.4 Å². The molecule has 4 rings (SSSR count). The Hall–Kier alpha value is -3.13. The van der Waals surface area contributed by atoms with Crippen LogP contribution in [-0.4, -0.2) is 47.4 Å². The highest BCUT2D eigenvalue weighted by Gasteiger charge is 2.22. The average Bonchev–Trinajstić information content (AvgIpc) is 3.28. The average molecular weight is 441 g/mol. The molecule has 32 heavy (non-hydrogen) atoms. The van der Waals surface area contributed by atoms with Crippen molar-refractivity contribution in [1.82, 2.24) is 15.0 Å². The van der Waals surface area contributed by atoms with Gasteiger partial charge in [0, 0.05) is 31.2 Å². The maximum absolute atomic E-state index is 14.5. The highest BCUT2D eigenvalue weighted by atomic mass is 19.1. The Balaban J connectivity index is 1.33. The molecule has 0 saturated carbocycles. The smallest absolute Gasteiger partial charge is 0.322 e. The van der Waals surface area contributed by atoms with E-state index in [0.717, 1.165) is 37.1 Å². The van der Waals surface area contributed by atoms with Crippen LogP contribution in [0.25, 0.3) is 11.4 Å². The minimum absolute atomic E-state index is 0.246. The second kappa shape index (κ2) is 10.5. The third-order valence-corrected chi connectivity index (χ3v) is 5.44. The molecule has 0 spiro atoms. The monoisotopic (exact) mass is 440 g/mol. The lowest BCUT2D eigenvalue weighted by atomic mass is 10.0. The zero-order valence-electron chi connectivity index (χ0n) is 18.5. The molecule has 0 bridgehead atoms. The summed E-state index contributed by atoms with van der Waals surface area (Å²) >= 11 is 0. The van der Waals surface area contributed by atoms with Crippen molar-refractivity contribution in [3.8, 4) is 22.9 Å². The fraction of sp³-hybridized carbons (Fsp3) is 0.417. The molecule has 0 aliphatic carbocycles. The topological polar surface area (TPSA) is 72.7 Å². The first kappa shape index (κ1) is 22.1. The normalized spacial score (nSPS) is 15.0. The first-order valence-electron chi connectivity index (χ1n) is 11.1. The van der Waals surface area contributed by atoms with E-state index in [4.69, 9.17) is 14.0 Å². The number of halogens is 1. The first-order chi connectivity index (χ1) is 15.7. The molecule has 0 atom stereocenters. The van der Waals surface area contributed by atoms with E-state index in [9.17, 15) is 4.39 Å². The fourth-order valence-corrected chi connectivity index (χ4v) is 3.89. The van der Waals surface area contributed by atoms with Crippen molar-refractivity contribution in [2.45, 2.75) is 39.3 Å². The third kappa shape index (κ3) is 5.37. The molecule has 3 aromatic rings. The van der Waals surface area contributed by atoms with Gasteiger partial charge in [0.2, 0.25) is 11.6 Å². The van der Waals surface area contributed by atoms with Gasteiger partial charge in [-0.25, -0.2) is 0 Å². The quantitative estimate of drug-likeness (QED) is 0.515. The van der Waals surface area contributed by atoms with E-state index in [-0.39, 0.29) is 17.5 Å². The maximum Gasteiger partial charge on any atom is 0.322 e. The van der Waals surface area contributed by atoms with E-state index >= 15 is 0 Å². The van der Waals surface area contributed by atoms with Crippen LogP contribution in [0.4, 0.5) is 10.4 Å². The van der Waals surface area contributed by atoms with Crippen LogP contribution in [0.1, 0.15) is 32.3 Å². The van der Waals surface area contributed by atoms with Gasteiger partial charge in [0.1, 0.15) is 0 Å². The summed E-state index contributed by atoms with van der Waals surface area (Å²) < 4.78 is 30.8. The van der Waals surface area contributed by atoms with Crippen molar-refractivity contribution >= 4 is 6.01 Å². The van der Waals surface area contributed by atoms with Crippen molar-refractivity contribution in [3.63, 3.8) is 0 Å². The molecule has 7 nitrogen and oxygen atoms in total. The van der Waals surface area contributed by atoms with E-state index in [1.807, 2.05) is 44.2 Å². The van der Waals surface area contributed by atoms with Crippen LogP contribution in [-0.2, 0) is 6.54 Å². The molecule has 1 aliphatic rings. The highest BCUT2D eigenvalue weighted by molar-refractivity contribution is 5.55. The number of ether oxygens (including phenoxy) is 2. The lowest BCUT2D eigenvalue weighted by molar-refractivity contribution is 0.208. The van der Waals surface area contributed by atoms with Crippen LogP contribution in [0.15, 0.2) is 47.0 Å². The third-order valence-electron chi connectivity index (χ3n) is 5.44. The minimum Gasteiger partial charge on any atom is -0.491 e. The number of piperidine rings is 1. The molecule has 1 aliphatic heterocycles. The Morgan fingerprint density at radius 3 is 2.34 bits per heavy atom. The van der Waals surface area contributed by atoms with Crippen LogP contribution < -0.4 is 14.8 Å². The van der Waals surface area contributed by atoms with Crippen molar-refractivity contribution in [2.75, 3.05) is 31.6 Å². The van der Waals surface area contributed by atoms with Gasteiger partial charge in [-0.3, -0.25) is 4.90 Å². The highest BCUT2D eigenvalue weighted by Crippen LogP contribution is 2.30. The summed E-state index contributed by atoms with van der Waals surface area (Å²) in [6.07, 6.45) is 1.89. The summed E-state index contributed by atoms with van der Waals surface area (Å²) in [5.74, 6) is 0.637. The summed E-state index contributed by atoms with van der Waals surface area (Å²) in [6.45, 7) is 7.03. The summed E-state index contributed by atoms with van der Waals surface area (Å²) in [4.78, 5) is 6.81. The lowest BCUT2D eigenvalue weighted by Crippen LogP contribution is -2.38. The Morgan fingerprint density at radius 2 is 1.72 bits per heavy atom. The van der Waals surface area contributed by atoms with Crippen LogP contribution in [0.2, 0.25) is 0 Å². The number of hydrogen-bond donors (Lipinski definition) is 1. The van der Waals surface area contributed by atoms with Crippen molar-refractivity contribution in [3.05, 3.63) is 53.8 Å². The molecule has 170 valence electrons. The van der Waals surface area contributed by atoms with Gasteiger partial charge in [-0.2, -0.15) is 9.37 Å². The van der Waals surface area contributed by atoms with Gasteiger partial charge in [0.15, 0.2) is 11.5 Å². The summed E-state index contributed by atoms with van der Waals surface area (Å²) in [6, 6.07) is 14.0. The molecule has 2 heterocycles. The summed E-state index contributed by atoms with van der Waals surface area (Å²) in [5, 5.41) is 7.42. The second-order valence-corrected chi connectivity index (χ2v) is 7.76. The first-order valence-corrected chi connectivity index (χ1v) is 11.1. The van der Waals surface area contributed by atoms with Crippen LogP contribution in [0.5, 0.6) is 11.5 Å².